The molecule has 2 heterocycles. The minimum atomic E-state index is -1.12. The fourth-order valence-corrected chi connectivity index (χ4v) is 2.08. The van der Waals surface area contributed by atoms with Gasteiger partial charge in [0.05, 0.1) is 17.4 Å². The molecule has 0 bridgehead atoms. The van der Waals surface area contributed by atoms with Crippen molar-refractivity contribution in [2.45, 2.75) is 38.4 Å². The van der Waals surface area contributed by atoms with E-state index in [4.69, 9.17) is 0 Å². The summed E-state index contributed by atoms with van der Waals surface area (Å²) >= 11 is 0. The lowest BCUT2D eigenvalue weighted by atomic mass is 9.91. The molecule has 0 spiro atoms. The zero-order valence-electron chi connectivity index (χ0n) is 10.6. The second kappa shape index (κ2) is 4.78. The number of aromatic nitrogens is 2. The molecule has 5 nitrogen and oxygen atoms in total. The molecule has 2 atom stereocenters. The zero-order valence-corrected chi connectivity index (χ0v) is 10.6. The van der Waals surface area contributed by atoms with Crippen LogP contribution < -0.4 is 4.90 Å². The van der Waals surface area contributed by atoms with Crippen LogP contribution in [0.5, 0.6) is 0 Å². The number of aryl methyl sites for hydroxylation is 1. The van der Waals surface area contributed by atoms with Gasteiger partial charge in [0, 0.05) is 13.1 Å². The molecule has 0 radical (unpaired) electrons. The zero-order chi connectivity index (χ0) is 13.3. The quantitative estimate of drug-likeness (QED) is 0.805. The largest absolute Gasteiger partial charge is 0.388 e. The van der Waals surface area contributed by atoms with E-state index < -0.39 is 17.5 Å². The van der Waals surface area contributed by atoms with Crippen LogP contribution in [-0.4, -0.2) is 45.0 Å². The maximum Gasteiger partial charge on any atom is 0.187 e. The Labute approximate surface area is 105 Å². The first-order valence-corrected chi connectivity index (χ1v) is 6.10. The monoisotopic (exact) mass is 255 g/mol. The van der Waals surface area contributed by atoms with Gasteiger partial charge in [-0.25, -0.2) is 14.4 Å². The van der Waals surface area contributed by atoms with E-state index in [-0.39, 0.29) is 12.4 Å². The van der Waals surface area contributed by atoms with Crippen molar-refractivity contribution in [2.24, 2.45) is 0 Å². The Morgan fingerprint density at radius 2 is 2.28 bits per heavy atom. The minimum Gasteiger partial charge on any atom is -0.388 e. The van der Waals surface area contributed by atoms with Crippen molar-refractivity contribution in [3.63, 3.8) is 0 Å². The highest BCUT2D eigenvalue weighted by molar-refractivity contribution is 5.42. The van der Waals surface area contributed by atoms with Crippen LogP contribution in [-0.2, 0) is 6.42 Å². The second-order valence-corrected chi connectivity index (χ2v) is 4.88. The predicted molar refractivity (Wildman–Crippen MR) is 64.8 cm³/mol. The minimum absolute atomic E-state index is 0.171. The van der Waals surface area contributed by atoms with Crippen LogP contribution in [0.3, 0.4) is 0 Å². The SMILES string of the molecule is CCc1ncnc(N2CC[C@@](C)(O)[C@H](O)C2)c1F. The molecule has 0 saturated carbocycles. The van der Waals surface area contributed by atoms with Crippen molar-refractivity contribution in [3.8, 4) is 0 Å². The number of anilines is 1. The first-order chi connectivity index (χ1) is 8.45. The topological polar surface area (TPSA) is 69.5 Å². The Balaban J connectivity index is 2.24. The van der Waals surface area contributed by atoms with Gasteiger partial charge in [0.25, 0.3) is 0 Å². The lowest BCUT2D eigenvalue weighted by Gasteiger charge is -2.40. The Bertz CT molecular complexity index is 439. The average molecular weight is 255 g/mol. The van der Waals surface area contributed by atoms with Crippen molar-refractivity contribution in [1.82, 2.24) is 9.97 Å². The summed E-state index contributed by atoms with van der Waals surface area (Å²) in [5.41, 5.74) is -0.750. The highest BCUT2D eigenvalue weighted by atomic mass is 19.1. The summed E-state index contributed by atoms with van der Waals surface area (Å²) in [6.07, 6.45) is 1.29. The first-order valence-electron chi connectivity index (χ1n) is 6.10. The second-order valence-electron chi connectivity index (χ2n) is 4.88. The molecule has 1 aromatic heterocycles. The number of nitrogens with zero attached hydrogens (tertiary/aromatic N) is 3. The van der Waals surface area contributed by atoms with Crippen LogP contribution >= 0.6 is 0 Å². The van der Waals surface area contributed by atoms with Crippen molar-refractivity contribution < 1.29 is 14.6 Å². The number of aliphatic hydroxyl groups is 2. The summed E-state index contributed by atoms with van der Waals surface area (Å²) in [5, 5.41) is 19.7. The normalized spacial score (nSPS) is 28.5. The summed E-state index contributed by atoms with van der Waals surface area (Å²) in [5.74, 6) is -0.231. The van der Waals surface area contributed by atoms with Gasteiger partial charge in [-0.05, 0) is 19.8 Å². The molecule has 2 N–H and O–H groups in total. The first kappa shape index (κ1) is 13.2. The predicted octanol–water partition coefficient (Wildman–Crippen LogP) is 0.500. The molecule has 0 unspecified atom stereocenters. The number of piperidine rings is 1. The van der Waals surface area contributed by atoms with Crippen molar-refractivity contribution in [1.29, 1.82) is 0 Å². The van der Waals surface area contributed by atoms with Crippen LogP contribution in [0, 0.1) is 5.82 Å². The standard InChI is InChI=1S/C12H18FN3O2/c1-3-8-10(13)11(15-7-14-8)16-5-4-12(2,18)9(17)6-16/h7,9,17-18H,3-6H2,1-2H3/t9-,12-/m1/s1. The Morgan fingerprint density at radius 3 is 2.89 bits per heavy atom. The summed E-state index contributed by atoms with van der Waals surface area (Å²) < 4.78 is 14.1. The van der Waals surface area contributed by atoms with Crippen molar-refractivity contribution >= 4 is 5.82 Å². The van der Waals surface area contributed by atoms with E-state index in [0.717, 1.165) is 0 Å². The van der Waals surface area contributed by atoms with Crippen molar-refractivity contribution in [2.75, 3.05) is 18.0 Å². The van der Waals surface area contributed by atoms with Gasteiger partial charge in [0.15, 0.2) is 11.6 Å². The maximum absolute atomic E-state index is 14.1. The summed E-state index contributed by atoms with van der Waals surface area (Å²) in [7, 11) is 0. The molecular formula is C12H18FN3O2. The molecule has 1 aromatic rings. The molecule has 0 aromatic carbocycles. The van der Waals surface area contributed by atoms with Crippen LogP contribution in [0.2, 0.25) is 0 Å². The lowest BCUT2D eigenvalue weighted by molar-refractivity contribution is -0.0723. The molecule has 1 fully saturated rings. The fourth-order valence-electron chi connectivity index (χ4n) is 2.08. The van der Waals surface area contributed by atoms with Gasteiger partial charge < -0.3 is 15.1 Å². The molecule has 0 aliphatic carbocycles. The Kier molecular flexibility index (Phi) is 3.49. The Hall–Kier alpha value is -1.27. The molecule has 0 amide bonds. The van der Waals surface area contributed by atoms with Gasteiger partial charge in [-0.15, -0.1) is 0 Å². The van der Waals surface area contributed by atoms with Gasteiger partial charge in [-0.1, -0.05) is 6.92 Å². The highest BCUT2D eigenvalue weighted by Crippen LogP contribution is 2.27. The van der Waals surface area contributed by atoms with E-state index in [2.05, 4.69) is 9.97 Å². The third kappa shape index (κ3) is 2.30. The Morgan fingerprint density at radius 1 is 1.56 bits per heavy atom. The van der Waals surface area contributed by atoms with Gasteiger partial charge >= 0.3 is 0 Å². The smallest absolute Gasteiger partial charge is 0.187 e. The lowest BCUT2D eigenvalue weighted by Crippen LogP contribution is -2.54. The molecule has 1 aliphatic heterocycles. The van der Waals surface area contributed by atoms with E-state index in [1.165, 1.54) is 6.33 Å². The number of halogens is 1. The van der Waals surface area contributed by atoms with E-state index in [9.17, 15) is 14.6 Å². The van der Waals surface area contributed by atoms with E-state index in [1.807, 2.05) is 6.92 Å². The van der Waals surface area contributed by atoms with Crippen LogP contribution in [0.4, 0.5) is 10.2 Å². The number of aliphatic hydroxyl groups excluding tert-OH is 1. The number of hydrogen-bond donors (Lipinski definition) is 2. The summed E-state index contributed by atoms with van der Waals surface area (Å²) in [6, 6.07) is 0. The van der Waals surface area contributed by atoms with Crippen LogP contribution in [0.15, 0.2) is 6.33 Å². The molecule has 1 saturated heterocycles. The van der Waals surface area contributed by atoms with Gasteiger partial charge in [-0.2, -0.15) is 0 Å². The summed E-state index contributed by atoms with van der Waals surface area (Å²) in [4.78, 5) is 9.47. The molecular weight excluding hydrogens is 237 g/mol. The van der Waals surface area contributed by atoms with Crippen LogP contribution in [0.1, 0.15) is 26.0 Å². The maximum atomic E-state index is 14.1. The van der Waals surface area contributed by atoms with E-state index >= 15 is 0 Å². The number of hydrogen-bond acceptors (Lipinski definition) is 5. The molecule has 18 heavy (non-hydrogen) atoms. The number of β-amino-alcohol motifs (C(OH)–C–C–N with tert-alkyl or cyclic N) is 1. The molecule has 100 valence electrons. The van der Waals surface area contributed by atoms with E-state index in [1.54, 1.807) is 11.8 Å². The third-order valence-electron chi connectivity index (χ3n) is 3.48. The molecule has 1 aliphatic rings. The summed E-state index contributed by atoms with van der Waals surface area (Å²) in [6.45, 7) is 4.04. The average Bonchev–Trinajstić information content (AvgIpc) is 2.33. The van der Waals surface area contributed by atoms with Crippen LogP contribution in [0.25, 0.3) is 0 Å². The highest BCUT2D eigenvalue weighted by Gasteiger charge is 2.37. The van der Waals surface area contributed by atoms with Crippen molar-refractivity contribution in [3.05, 3.63) is 17.8 Å². The third-order valence-corrected chi connectivity index (χ3v) is 3.48. The molecule has 6 heteroatoms. The van der Waals surface area contributed by atoms with Gasteiger partial charge in [0.2, 0.25) is 0 Å². The molecule has 2 rings (SSSR count). The van der Waals surface area contributed by atoms with E-state index in [0.29, 0.717) is 25.1 Å². The number of rotatable bonds is 2. The fraction of sp³-hybridized carbons (Fsp3) is 0.667. The van der Waals surface area contributed by atoms with Gasteiger partial charge in [-0.3, -0.25) is 0 Å². The van der Waals surface area contributed by atoms with Gasteiger partial charge in [0.1, 0.15) is 6.33 Å².